The Kier molecular flexibility index (Phi) is 4.51. The van der Waals surface area contributed by atoms with Crippen molar-refractivity contribution in [3.8, 4) is 11.5 Å². The van der Waals surface area contributed by atoms with E-state index >= 15 is 0 Å². The zero-order valence-electron chi connectivity index (χ0n) is 12.2. The molecule has 0 aliphatic heterocycles. The Labute approximate surface area is 120 Å². The van der Waals surface area contributed by atoms with E-state index in [0.717, 1.165) is 22.6 Å². The minimum absolute atomic E-state index is 0.179. The molecule has 0 aromatic heterocycles. The Hall–Kier alpha value is -2.16. The number of aryl methyl sites for hydroxylation is 1. The van der Waals surface area contributed by atoms with E-state index < -0.39 is 0 Å². The van der Waals surface area contributed by atoms with E-state index in [2.05, 4.69) is 5.32 Å². The molecule has 0 aliphatic carbocycles. The summed E-state index contributed by atoms with van der Waals surface area (Å²) in [7, 11) is 0. The van der Waals surface area contributed by atoms with Gasteiger partial charge in [0.05, 0.1) is 6.10 Å². The van der Waals surface area contributed by atoms with Crippen LogP contribution in [0, 0.1) is 6.92 Å². The first-order chi connectivity index (χ1) is 9.54. The predicted molar refractivity (Wildman–Crippen MR) is 82.4 cm³/mol. The van der Waals surface area contributed by atoms with Crippen LogP contribution in [0.3, 0.4) is 0 Å². The van der Waals surface area contributed by atoms with E-state index in [4.69, 9.17) is 4.74 Å². The summed E-state index contributed by atoms with van der Waals surface area (Å²) < 4.78 is 5.60. The number of hydrogen-bond acceptors (Lipinski definition) is 3. The number of nitrogens with one attached hydrogen (secondary N) is 1. The van der Waals surface area contributed by atoms with Gasteiger partial charge >= 0.3 is 0 Å². The molecule has 0 unspecified atom stereocenters. The molecule has 0 fully saturated rings. The summed E-state index contributed by atoms with van der Waals surface area (Å²) in [5, 5.41) is 13.1. The highest BCUT2D eigenvalue weighted by molar-refractivity contribution is 5.48. The molecule has 0 spiro atoms. The van der Waals surface area contributed by atoms with E-state index in [0.29, 0.717) is 12.3 Å². The number of ether oxygens (including phenoxy) is 1. The highest BCUT2D eigenvalue weighted by Crippen LogP contribution is 2.21. The second-order valence-corrected chi connectivity index (χ2v) is 5.18. The van der Waals surface area contributed by atoms with Crippen molar-refractivity contribution in [1.82, 2.24) is 0 Å². The SMILES string of the molecule is Cc1ccc(O)c(CNc2ccc(OC(C)C)cc2)c1. The molecular weight excluding hydrogens is 250 g/mol. The van der Waals surface area contributed by atoms with E-state index in [9.17, 15) is 5.11 Å². The lowest BCUT2D eigenvalue weighted by atomic mass is 10.1. The van der Waals surface area contributed by atoms with Gasteiger partial charge in [-0.15, -0.1) is 0 Å². The Morgan fingerprint density at radius 2 is 1.80 bits per heavy atom. The van der Waals surface area contributed by atoms with Crippen LogP contribution in [0.4, 0.5) is 5.69 Å². The van der Waals surface area contributed by atoms with Crippen LogP contribution in [0.15, 0.2) is 42.5 Å². The second kappa shape index (κ2) is 6.33. The second-order valence-electron chi connectivity index (χ2n) is 5.18. The van der Waals surface area contributed by atoms with Gasteiger partial charge in [-0.25, -0.2) is 0 Å². The number of anilines is 1. The third-order valence-electron chi connectivity index (χ3n) is 2.94. The molecular formula is C17H21NO2. The highest BCUT2D eigenvalue weighted by atomic mass is 16.5. The molecule has 2 aromatic rings. The van der Waals surface area contributed by atoms with Crippen LogP contribution in [0.2, 0.25) is 0 Å². The molecule has 106 valence electrons. The zero-order valence-corrected chi connectivity index (χ0v) is 12.2. The molecule has 0 saturated carbocycles. The van der Waals surface area contributed by atoms with Crippen LogP contribution >= 0.6 is 0 Å². The molecule has 2 rings (SSSR count). The standard InChI is InChI=1S/C17H21NO2/c1-12(2)20-16-7-5-15(6-8-16)18-11-14-10-13(3)4-9-17(14)19/h4-10,12,18-19H,11H2,1-3H3. The van der Waals surface area contributed by atoms with Gasteiger partial charge in [0.15, 0.2) is 0 Å². The Balaban J connectivity index is 1.98. The lowest BCUT2D eigenvalue weighted by molar-refractivity contribution is 0.242. The van der Waals surface area contributed by atoms with Gasteiger partial charge in [0.1, 0.15) is 11.5 Å². The normalized spacial score (nSPS) is 10.6. The lowest BCUT2D eigenvalue weighted by Gasteiger charge is -2.12. The summed E-state index contributed by atoms with van der Waals surface area (Å²) in [5.74, 6) is 1.19. The molecule has 2 aromatic carbocycles. The van der Waals surface area contributed by atoms with Crippen LogP contribution in [0.1, 0.15) is 25.0 Å². The number of rotatable bonds is 5. The van der Waals surface area contributed by atoms with Gasteiger partial charge < -0.3 is 15.2 Å². The largest absolute Gasteiger partial charge is 0.508 e. The molecule has 3 heteroatoms. The molecule has 20 heavy (non-hydrogen) atoms. The smallest absolute Gasteiger partial charge is 0.120 e. The van der Waals surface area contributed by atoms with Crippen LogP contribution in [-0.4, -0.2) is 11.2 Å². The first kappa shape index (κ1) is 14.3. The summed E-state index contributed by atoms with van der Waals surface area (Å²) in [5.41, 5.74) is 3.04. The third kappa shape index (κ3) is 3.92. The number of hydrogen-bond donors (Lipinski definition) is 2. The Bertz CT molecular complexity index is 562. The molecule has 0 bridgehead atoms. The summed E-state index contributed by atoms with van der Waals surface area (Å²) >= 11 is 0. The van der Waals surface area contributed by atoms with Gasteiger partial charge in [-0.2, -0.15) is 0 Å². The highest BCUT2D eigenvalue weighted by Gasteiger charge is 2.02. The van der Waals surface area contributed by atoms with Crippen molar-refractivity contribution in [2.24, 2.45) is 0 Å². The fraction of sp³-hybridized carbons (Fsp3) is 0.294. The summed E-state index contributed by atoms with van der Waals surface area (Å²) in [6.07, 6.45) is 0.179. The number of aromatic hydroxyl groups is 1. The maximum absolute atomic E-state index is 9.80. The maximum atomic E-state index is 9.80. The molecule has 2 N–H and O–H groups in total. The molecule has 0 heterocycles. The lowest BCUT2D eigenvalue weighted by Crippen LogP contribution is -2.05. The summed E-state index contributed by atoms with van der Waals surface area (Å²) in [6.45, 7) is 6.62. The molecule has 3 nitrogen and oxygen atoms in total. The maximum Gasteiger partial charge on any atom is 0.120 e. The van der Waals surface area contributed by atoms with E-state index in [1.807, 2.05) is 57.2 Å². The quantitative estimate of drug-likeness (QED) is 0.860. The monoisotopic (exact) mass is 271 g/mol. The molecule has 0 saturated heterocycles. The predicted octanol–water partition coefficient (Wildman–Crippen LogP) is 4.10. The molecule has 0 atom stereocenters. The third-order valence-corrected chi connectivity index (χ3v) is 2.94. The Morgan fingerprint density at radius 1 is 1.10 bits per heavy atom. The van der Waals surface area contributed by atoms with Gasteiger partial charge in [-0.05, 0) is 51.1 Å². The van der Waals surface area contributed by atoms with Crippen molar-refractivity contribution in [1.29, 1.82) is 0 Å². The van der Waals surface area contributed by atoms with Crippen LogP contribution in [0.25, 0.3) is 0 Å². The van der Waals surface area contributed by atoms with Crippen LogP contribution in [0.5, 0.6) is 11.5 Å². The summed E-state index contributed by atoms with van der Waals surface area (Å²) in [4.78, 5) is 0. The van der Waals surface area contributed by atoms with Gasteiger partial charge in [0, 0.05) is 17.8 Å². The van der Waals surface area contributed by atoms with Gasteiger partial charge in [-0.3, -0.25) is 0 Å². The zero-order chi connectivity index (χ0) is 14.5. The fourth-order valence-electron chi connectivity index (χ4n) is 1.98. The van der Waals surface area contributed by atoms with Crippen molar-refractivity contribution in [3.63, 3.8) is 0 Å². The van der Waals surface area contributed by atoms with Crippen molar-refractivity contribution in [2.45, 2.75) is 33.4 Å². The average Bonchev–Trinajstić information content (AvgIpc) is 2.41. The summed E-state index contributed by atoms with van der Waals surface area (Å²) in [6, 6.07) is 13.5. The van der Waals surface area contributed by atoms with Crippen LogP contribution in [-0.2, 0) is 6.54 Å². The Morgan fingerprint density at radius 3 is 2.45 bits per heavy atom. The topological polar surface area (TPSA) is 41.5 Å². The van der Waals surface area contributed by atoms with Gasteiger partial charge in [-0.1, -0.05) is 17.7 Å². The average molecular weight is 271 g/mol. The minimum atomic E-state index is 0.179. The minimum Gasteiger partial charge on any atom is -0.508 e. The molecule has 0 aliphatic rings. The first-order valence-corrected chi connectivity index (χ1v) is 6.83. The van der Waals surface area contributed by atoms with E-state index in [1.54, 1.807) is 6.07 Å². The van der Waals surface area contributed by atoms with Crippen molar-refractivity contribution < 1.29 is 9.84 Å². The van der Waals surface area contributed by atoms with Crippen molar-refractivity contribution in [3.05, 3.63) is 53.6 Å². The van der Waals surface area contributed by atoms with Crippen LogP contribution < -0.4 is 10.1 Å². The van der Waals surface area contributed by atoms with Gasteiger partial charge in [0.25, 0.3) is 0 Å². The van der Waals surface area contributed by atoms with Gasteiger partial charge in [0.2, 0.25) is 0 Å². The van der Waals surface area contributed by atoms with E-state index in [1.165, 1.54) is 0 Å². The van der Waals surface area contributed by atoms with E-state index in [-0.39, 0.29) is 6.10 Å². The van der Waals surface area contributed by atoms with Crippen molar-refractivity contribution >= 4 is 5.69 Å². The fourth-order valence-corrected chi connectivity index (χ4v) is 1.98. The number of phenols is 1. The van der Waals surface area contributed by atoms with Crippen molar-refractivity contribution in [2.75, 3.05) is 5.32 Å². The first-order valence-electron chi connectivity index (χ1n) is 6.83. The number of phenolic OH excluding ortho intramolecular Hbond substituents is 1. The number of benzene rings is 2. The molecule has 0 radical (unpaired) electrons. The molecule has 0 amide bonds.